The number of carbonyl (C=O) groups is 3. The highest BCUT2D eigenvalue weighted by atomic mass is 16.7. The number of hydrogen-bond donors (Lipinski definition) is 2. The van der Waals surface area contributed by atoms with Gasteiger partial charge in [-0.2, -0.15) is 0 Å². The Morgan fingerprint density at radius 2 is 1.71 bits per heavy atom. The lowest BCUT2D eigenvalue weighted by molar-refractivity contribution is -0.186. The number of carbonyl (C=O) groups excluding carboxylic acids is 3. The van der Waals surface area contributed by atoms with E-state index in [1.165, 1.54) is 0 Å². The second-order valence-electron chi connectivity index (χ2n) is 7.74. The molecule has 0 radical (unpaired) electrons. The topological polar surface area (TPSA) is 129 Å². The van der Waals surface area contributed by atoms with Gasteiger partial charge in [0.15, 0.2) is 6.29 Å². The third-order valence-electron chi connectivity index (χ3n) is 5.14. The van der Waals surface area contributed by atoms with Crippen LogP contribution in [0.15, 0.2) is 24.3 Å². The molecule has 0 spiro atoms. The van der Waals surface area contributed by atoms with Crippen LogP contribution in [0, 0.1) is 17.8 Å². The minimum atomic E-state index is -0.721. The van der Waals surface area contributed by atoms with E-state index in [9.17, 15) is 19.5 Å². The van der Waals surface area contributed by atoms with Gasteiger partial charge in [0.1, 0.15) is 12.7 Å². The molecule has 9 nitrogen and oxygen atoms in total. The van der Waals surface area contributed by atoms with Gasteiger partial charge < -0.3 is 29.2 Å². The lowest BCUT2D eigenvalue weighted by atomic mass is 9.85. The highest BCUT2D eigenvalue weighted by molar-refractivity contribution is 5.87. The summed E-state index contributed by atoms with van der Waals surface area (Å²) in [7, 11) is 0. The number of ether oxygens (including phenoxy) is 4. The average molecular weight is 443 g/mol. The predicted molar refractivity (Wildman–Crippen MR) is 110 cm³/mol. The number of esters is 3. The van der Waals surface area contributed by atoms with Crippen LogP contribution in [0.5, 0.6) is 0 Å². The lowest BCUT2D eigenvalue weighted by Crippen LogP contribution is -2.43. The highest BCUT2D eigenvalue weighted by Crippen LogP contribution is 2.50. The molecule has 2 rings (SSSR count). The minimum absolute atomic E-state index is 0.0344. The second-order valence-corrected chi connectivity index (χ2v) is 7.74. The summed E-state index contributed by atoms with van der Waals surface area (Å²) in [5.41, 5.74) is 0.627. The molecule has 9 heteroatoms. The van der Waals surface area contributed by atoms with Crippen molar-refractivity contribution in [2.24, 2.45) is 17.8 Å². The SMILES string of the molecule is C=C(C)C(=O)OC1C(O)C2CC(C(=O)OC(C)OCC)C1C2.C=C(C)C(=O)OCCO. The Kier molecular flexibility index (Phi) is 10.9. The molecule has 0 aromatic heterocycles. The predicted octanol–water partition coefficient (Wildman–Crippen LogP) is 1.51. The van der Waals surface area contributed by atoms with Crippen molar-refractivity contribution >= 4 is 17.9 Å². The van der Waals surface area contributed by atoms with Crippen LogP contribution in [-0.4, -0.2) is 66.4 Å². The molecular weight excluding hydrogens is 408 g/mol. The van der Waals surface area contributed by atoms with E-state index in [2.05, 4.69) is 17.9 Å². The monoisotopic (exact) mass is 442 g/mol. The van der Waals surface area contributed by atoms with Crippen LogP contribution >= 0.6 is 0 Å². The van der Waals surface area contributed by atoms with Crippen molar-refractivity contribution < 1.29 is 43.5 Å². The third kappa shape index (κ3) is 7.75. The van der Waals surface area contributed by atoms with E-state index < -0.39 is 30.4 Å². The van der Waals surface area contributed by atoms with Crippen molar-refractivity contribution in [2.45, 2.75) is 59.0 Å². The van der Waals surface area contributed by atoms with Gasteiger partial charge in [0.05, 0.1) is 18.6 Å². The standard InChI is InChI=1S/C16H24O6.C6H10O3/c1-5-20-9(4)21-16(19)12-7-10-6-11(12)14(13(10)17)22-15(18)8(2)3;1-5(2)6(8)9-4-3-7/h9-14,17H,2,5-7H2,1,3-4H3;7H,1,3-4H2,2H3. The van der Waals surface area contributed by atoms with Crippen LogP contribution in [0.3, 0.4) is 0 Å². The number of aliphatic hydroxyl groups excluding tert-OH is 2. The van der Waals surface area contributed by atoms with Crippen LogP contribution in [0.1, 0.15) is 40.5 Å². The molecule has 176 valence electrons. The van der Waals surface area contributed by atoms with E-state index in [1.54, 1.807) is 20.8 Å². The molecule has 0 saturated heterocycles. The van der Waals surface area contributed by atoms with Crippen molar-refractivity contribution in [3.63, 3.8) is 0 Å². The molecule has 31 heavy (non-hydrogen) atoms. The number of aliphatic hydroxyl groups is 2. The summed E-state index contributed by atoms with van der Waals surface area (Å²) < 4.78 is 20.3. The normalized spacial score (nSPS) is 26.8. The first-order valence-corrected chi connectivity index (χ1v) is 10.3. The number of rotatable bonds is 9. The van der Waals surface area contributed by atoms with E-state index in [4.69, 9.17) is 19.3 Å². The summed E-state index contributed by atoms with van der Waals surface area (Å²) >= 11 is 0. The van der Waals surface area contributed by atoms with Gasteiger partial charge in [-0.3, -0.25) is 4.79 Å². The lowest BCUT2D eigenvalue weighted by Gasteiger charge is -2.32. The van der Waals surface area contributed by atoms with Crippen molar-refractivity contribution in [1.82, 2.24) is 0 Å². The van der Waals surface area contributed by atoms with E-state index in [1.807, 2.05) is 6.92 Å². The zero-order chi connectivity index (χ0) is 23.7. The maximum atomic E-state index is 12.3. The van der Waals surface area contributed by atoms with Gasteiger partial charge in [-0.15, -0.1) is 0 Å². The van der Waals surface area contributed by atoms with E-state index in [0.29, 0.717) is 25.0 Å². The van der Waals surface area contributed by atoms with Crippen LogP contribution in [0.2, 0.25) is 0 Å². The Labute approximate surface area is 183 Å². The first-order valence-electron chi connectivity index (χ1n) is 10.3. The third-order valence-corrected chi connectivity index (χ3v) is 5.14. The average Bonchev–Trinajstić information content (AvgIpc) is 3.26. The van der Waals surface area contributed by atoms with Crippen molar-refractivity contribution in [2.75, 3.05) is 19.8 Å². The molecule has 0 heterocycles. The van der Waals surface area contributed by atoms with Gasteiger partial charge in [-0.1, -0.05) is 13.2 Å². The van der Waals surface area contributed by atoms with Gasteiger partial charge in [0.2, 0.25) is 0 Å². The van der Waals surface area contributed by atoms with E-state index in [-0.39, 0.29) is 42.5 Å². The Hall–Kier alpha value is -2.23. The fraction of sp³-hybridized carbons (Fsp3) is 0.682. The summed E-state index contributed by atoms with van der Waals surface area (Å²) in [6.45, 7) is 13.9. The molecule has 6 atom stereocenters. The van der Waals surface area contributed by atoms with Crippen LogP contribution in [-0.2, 0) is 33.3 Å². The first kappa shape index (κ1) is 26.8. The van der Waals surface area contributed by atoms with Crippen molar-refractivity contribution in [3.05, 3.63) is 24.3 Å². The quantitative estimate of drug-likeness (QED) is 0.236. The molecule has 2 N–H and O–H groups in total. The molecule has 2 aliphatic rings. The van der Waals surface area contributed by atoms with Gasteiger partial charge in [-0.05, 0) is 46.5 Å². The molecule has 2 bridgehead atoms. The molecule has 0 amide bonds. The largest absolute Gasteiger partial charge is 0.460 e. The summed E-state index contributed by atoms with van der Waals surface area (Å²) in [5.74, 6) is -1.94. The Bertz CT molecular complexity index is 672. The maximum absolute atomic E-state index is 12.3. The molecule has 0 aromatic rings. The molecule has 2 aliphatic carbocycles. The molecule has 2 fully saturated rings. The Morgan fingerprint density at radius 1 is 1.10 bits per heavy atom. The van der Waals surface area contributed by atoms with E-state index in [0.717, 1.165) is 0 Å². The summed E-state index contributed by atoms with van der Waals surface area (Å²) in [6.07, 6.45) is -0.759. The number of hydrogen-bond acceptors (Lipinski definition) is 9. The fourth-order valence-electron chi connectivity index (χ4n) is 3.71. The van der Waals surface area contributed by atoms with Crippen LogP contribution < -0.4 is 0 Å². The smallest absolute Gasteiger partial charge is 0.333 e. The second kappa shape index (κ2) is 12.6. The summed E-state index contributed by atoms with van der Waals surface area (Å²) in [4.78, 5) is 34.4. The van der Waals surface area contributed by atoms with E-state index >= 15 is 0 Å². The maximum Gasteiger partial charge on any atom is 0.333 e. The molecule has 0 aliphatic heterocycles. The molecule has 6 unspecified atom stereocenters. The number of fused-ring (bicyclic) bond motifs is 2. The van der Waals surface area contributed by atoms with Crippen molar-refractivity contribution in [3.8, 4) is 0 Å². The summed E-state index contributed by atoms with van der Waals surface area (Å²) in [6, 6.07) is 0. The van der Waals surface area contributed by atoms with Gasteiger partial charge in [0, 0.05) is 23.7 Å². The fourth-order valence-corrected chi connectivity index (χ4v) is 3.71. The minimum Gasteiger partial charge on any atom is -0.460 e. The molecule has 2 saturated carbocycles. The zero-order valence-electron chi connectivity index (χ0n) is 18.7. The van der Waals surface area contributed by atoms with Crippen LogP contribution in [0.25, 0.3) is 0 Å². The van der Waals surface area contributed by atoms with Crippen LogP contribution in [0.4, 0.5) is 0 Å². The Morgan fingerprint density at radius 3 is 2.19 bits per heavy atom. The molecule has 0 aromatic carbocycles. The molecular formula is C22H34O9. The first-order chi connectivity index (χ1) is 14.5. The highest BCUT2D eigenvalue weighted by Gasteiger charge is 2.57. The zero-order valence-corrected chi connectivity index (χ0v) is 18.7. The van der Waals surface area contributed by atoms with Gasteiger partial charge in [-0.25, -0.2) is 9.59 Å². The van der Waals surface area contributed by atoms with Gasteiger partial charge >= 0.3 is 17.9 Å². The summed E-state index contributed by atoms with van der Waals surface area (Å²) in [5, 5.41) is 18.4. The van der Waals surface area contributed by atoms with Gasteiger partial charge in [0.25, 0.3) is 0 Å². The Balaban J connectivity index is 0.000000452. The van der Waals surface area contributed by atoms with Crippen molar-refractivity contribution in [1.29, 1.82) is 0 Å².